The van der Waals surface area contributed by atoms with Gasteiger partial charge in [0.2, 0.25) is 0 Å². The van der Waals surface area contributed by atoms with Gasteiger partial charge in [-0.15, -0.1) is 0 Å². The number of hydrogen-bond acceptors (Lipinski definition) is 2. The van der Waals surface area contributed by atoms with Gasteiger partial charge in [0, 0.05) is 0 Å². The molecule has 1 atom stereocenters. The SMILES string of the molecule is C=C1COCC1N. The van der Waals surface area contributed by atoms with Crippen LogP contribution in [0.4, 0.5) is 0 Å². The van der Waals surface area contributed by atoms with Gasteiger partial charge in [0.25, 0.3) is 0 Å². The Hall–Kier alpha value is -0.340. The van der Waals surface area contributed by atoms with E-state index in [4.69, 9.17) is 10.5 Å². The number of ether oxygens (including phenoxy) is 1. The van der Waals surface area contributed by atoms with Crippen molar-refractivity contribution < 1.29 is 4.74 Å². The van der Waals surface area contributed by atoms with E-state index in [0.29, 0.717) is 13.2 Å². The third kappa shape index (κ3) is 0.813. The molecule has 0 aromatic heterocycles. The van der Waals surface area contributed by atoms with Crippen LogP contribution in [0.15, 0.2) is 12.2 Å². The molecule has 7 heavy (non-hydrogen) atoms. The van der Waals surface area contributed by atoms with Crippen molar-refractivity contribution in [2.24, 2.45) is 5.73 Å². The van der Waals surface area contributed by atoms with E-state index in [1.54, 1.807) is 0 Å². The minimum atomic E-state index is 0.0972. The molecular weight excluding hydrogens is 90.1 g/mol. The second-order valence-corrected chi connectivity index (χ2v) is 1.78. The quantitative estimate of drug-likeness (QED) is 0.430. The van der Waals surface area contributed by atoms with E-state index in [1.165, 1.54) is 0 Å². The summed E-state index contributed by atoms with van der Waals surface area (Å²) in [5.41, 5.74) is 6.47. The highest BCUT2D eigenvalue weighted by atomic mass is 16.5. The van der Waals surface area contributed by atoms with E-state index >= 15 is 0 Å². The molecular formula is C5H9NO. The first-order chi connectivity index (χ1) is 3.30. The summed E-state index contributed by atoms with van der Waals surface area (Å²) in [5.74, 6) is 0. The molecule has 1 aliphatic rings. The maximum atomic E-state index is 5.45. The first-order valence-corrected chi connectivity index (χ1v) is 2.31. The molecule has 0 radical (unpaired) electrons. The first kappa shape index (κ1) is 4.81. The van der Waals surface area contributed by atoms with Crippen LogP contribution >= 0.6 is 0 Å². The molecule has 0 amide bonds. The second kappa shape index (κ2) is 1.64. The molecule has 1 rings (SSSR count). The van der Waals surface area contributed by atoms with Crippen molar-refractivity contribution >= 4 is 0 Å². The first-order valence-electron chi connectivity index (χ1n) is 2.31. The van der Waals surface area contributed by atoms with E-state index < -0.39 is 0 Å². The van der Waals surface area contributed by atoms with Crippen LogP contribution in [0.5, 0.6) is 0 Å². The summed E-state index contributed by atoms with van der Waals surface area (Å²) >= 11 is 0. The highest BCUT2D eigenvalue weighted by Crippen LogP contribution is 2.05. The topological polar surface area (TPSA) is 35.2 Å². The van der Waals surface area contributed by atoms with Crippen LogP contribution in [0.1, 0.15) is 0 Å². The van der Waals surface area contributed by atoms with Crippen LogP contribution in [0.25, 0.3) is 0 Å². The monoisotopic (exact) mass is 99.1 g/mol. The third-order valence-corrected chi connectivity index (χ3v) is 1.11. The molecule has 0 aromatic carbocycles. The lowest BCUT2D eigenvalue weighted by molar-refractivity contribution is 0.199. The molecule has 1 unspecified atom stereocenters. The van der Waals surface area contributed by atoms with E-state index in [9.17, 15) is 0 Å². The van der Waals surface area contributed by atoms with Gasteiger partial charge in [-0.3, -0.25) is 0 Å². The van der Waals surface area contributed by atoms with Gasteiger partial charge >= 0.3 is 0 Å². The molecule has 2 heteroatoms. The van der Waals surface area contributed by atoms with Crippen LogP contribution in [0, 0.1) is 0 Å². The Bertz CT molecular complexity index is 90.1. The van der Waals surface area contributed by atoms with E-state index in [-0.39, 0.29) is 6.04 Å². The van der Waals surface area contributed by atoms with Gasteiger partial charge in [0.1, 0.15) is 0 Å². The van der Waals surface area contributed by atoms with Gasteiger partial charge < -0.3 is 10.5 Å². The van der Waals surface area contributed by atoms with Gasteiger partial charge in [-0.05, 0) is 5.57 Å². The molecule has 0 aromatic rings. The maximum absolute atomic E-state index is 5.45. The summed E-state index contributed by atoms with van der Waals surface area (Å²) in [5, 5.41) is 0. The largest absolute Gasteiger partial charge is 0.375 e. The Kier molecular flexibility index (Phi) is 1.13. The third-order valence-electron chi connectivity index (χ3n) is 1.11. The Morgan fingerprint density at radius 2 is 2.57 bits per heavy atom. The van der Waals surface area contributed by atoms with Crippen LogP contribution in [0.2, 0.25) is 0 Å². The predicted molar refractivity (Wildman–Crippen MR) is 27.9 cm³/mol. The Labute approximate surface area is 43.0 Å². The molecule has 2 N–H and O–H groups in total. The summed E-state index contributed by atoms with van der Waals surface area (Å²) in [6.45, 7) is 4.99. The zero-order valence-corrected chi connectivity index (χ0v) is 4.18. The van der Waals surface area contributed by atoms with Gasteiger partial charge in [-0.25, -0.2) is 0 Å². The van der Waals surface area contributed by atoms with Crippen molar-refractivity contribution in [3.63, 3.8) is 0 Å². The minimum Gasteiger partial charge on any atom is -0.375 e. The molecule has 0 saturated carbocycles. The highest BCUT2D eigenvalue weighted by molar-refractivity contribution is 5.08. The minimum absolute atomic E-state index is 0.0972. The lowest BCUT2D eigenvalue weighted by atomic mass is 10.2. The molecule has 0 bridgehead atoms. The number of nitrogens with two attached hydrogens (primary N) is 1. The highest BCUT2D eigenvalue weighted by Gasteiger charge is 2.13. The summed E-state index contributed by atoms with van der Waals surface area (Å²) in [6, 6.07) is 0.0972. The second-order valence-electron chi connectivity index (χ2n) is 1.78. The number of rotatable bonds is 0. The fourth-order valence-electron chi connectivity index (χ4n) is 0.542. The van der Waals surface area contributed by atoms with Gasteiger partial charge in [0.15, 0.2) is 0 Å². The van der Waals surface area contributed by atoms with Crippen molar-refractivity contribution in [1.29, 1.82) is 0 Å². The summed E-state index contributed by atoms with van der Waals surface area (Å²) in [6.07, 6.45) is 0. The zero-order chi connectivity index (χ0) is 5.28. The van der Waals surface area contributed by atoms with Gasteiger partial charge in [-0.1, -0.05) is 6.58 Å². The average Bonchev–Trinajstić information content (AvgIpc) is 1.91. The van der Waals surface area contributed by atoms with Crippen LogP contribution in [-0.2, 0) is 4.74 Å². The Morgan fingerprint density at radius 1 is 1.86 bits per heavy atom. The Morgan fingerprint density at radius 3 is 2.71 bits per heavy atom. The van der Waals surface area contributed by atoms with Crippen LogP contribution in [-0.4, -0.2) is 19.3 Å². The summed E-state index contributed by atoms with van der Waals surface area (Å²) in [4.78, 5) is 0. The predicted octanol–water partition coefficient (Wildman–Crippen LogP) is -0.0999. The van der Waals surface area contributed by atoms with Crippen molar-refractivity contribution in [3.05, 3.63) is 12.2 Å². The lowest BCUT2D eigenvalue weighted by Gasteiger charge is -1.94. The van der Waals surface area contributed by atoms with Crippen molar-refractivity contribution in [3.8, 4) is 0 Å². The fourth-order valence-corrected chi connectivity index (χ4v) is 0.542. The standard InChI is InChI=1S/C5H9NO/c1-4-2-7-3-5(4)6/h5H,1-3,6H2. The average molecular weight is 99.1 g/mol. The number of hydrogen-bond donors (Lipinski definition) is 1. The van der Waals surface area contributed by atoms with E-state index in [2.05, 4.69) is 6.58 Å². The van der Waals surface area contributed by atoms with Gasteiger partial charge in [-0.2, -0.15) is 0 Å². The lowest BCUT2D eigenvalue weighted by Crippen LogP contribution is -2.20. The molecule has 1 fully saturated rings. The van der Waals surface area contributed by atoms with Crippen molar-refractivity contribution in [2.75, 3.05) is 13.2 Å². The van der Waals surface area contributed by atoms with E-state index in [0.717, 1.165) is 5.57 Å². The fraction of sp³-hybridized carbons (Fsp3) is 0.600. The summed E-state index contributed by atoms with van der Waals surface area (Å²) < 4.78 is 4.94. The summed E-state index contributed by atoms with van der Waals surface area (Å²) in [7, 11) is 0. The van der Waals surface area contributed by atoms with Crippen LogP contribution in [0.3, 0.4) is 0 Å². The zero-order valence-electron chi connectivity index (χ0n) is 4.18. The Balaban J connectivity index is 2.48. The smallest absolute Gasteiger partial charge is 0.0690 e. The molecule has 1 aliphatic heterocycles. The van der Waals surface area contributed by atoms with Crippen LogP contribution < -0.4 is 5.73 Å². The molecule has 2 nitrogen and oxygen atoms in total. The molecule has 1 heterocycles. The maximum Gasteiger partial charge on any atom is 0.0690 e. The molecule has 0 aliphatic carbocycles. The molecule has 1 saturated heterocycles. The molecule has 40 valence electrons. The van der Waals surface area contributed by atoms with Crippen molar-refractivity contribution in [2.45, 2.75) is 6.04 Å². The van der Waals surface area contributed by atoms with Gasteiger partial charge in [0.05, 0.1) is 19.3 Å². The normalized spacial score (nSPS) is 31.6. The van der Waals surface area contributed by atoms with E-state index in [1.807, 2.05) is 0 Å². The molecule has 0 spiro atoms. The van der Waals surface area contributed by atoms with Crippen molar-refractivity contribution in [1.82, 2.24) is 0 Å².